The molecule has 1 aliphatic heterocycles. The number of esters is 1. The summed E-state index contributed by atoms with van der Waals surface area (Å²) in [5.74, 6) is -1.93. The Bertz CT molecular complexity index is 2320. The molecule has 1 saturated carbocycles. The first-order valence-corrected chi connectivity index (χ1v) is 24.1. The van der Waals surface area contributed by atoms with Crippen LogP contribution in [0.3, 0.4) is 0 Å². The Hall–Kier alpha value is -5.66. The molecule has 16 heteroatoms. The van der Waals surface area contributed by atoms with Crippen LogP contribution in [-0.4, -0.2) is 89.7 Å². The quantitative estimate of drug-likeness (QED) is 0.0715. The summed E-state index contributed by atoms with van der Waals surface area (Å²) < 4.78 is 50.6. The molecule has 4 aromatic rings. The lowest BCUT2D eigenvalue weighted by Crippen LogP contribution is -2.58. The van der Waals surface area contributed by atoms with Crippen LogP contribution in [0.1, 0.15) is 93.4 Å². The van der Waals surface area contributed by atoms with Gasteiger partial charge in [0.05, 0.1) is 31.0 Å². The van der Waals surface area contributed by atoms with Gasteiger partial charge in [-0.2, -0.15) is 0 Å². The minimum Gasteiger partial charge on any atom is -0.497 e. The Morgan fingerprint density at radius 3 is 2.18 bits per heavy atom. The third kappa shape index (κ3) is 12.6. The van der Waals surface area contributed by atoms with E-state index < -0.39 is 73.1 Å². The number of likely N-dealkylation sites (tertiary alicyclic amines) is 1. The van der Waals surface area contributed by atoms with Crippen molar-refractivity contribution in [1.29, 1.82) is 0 Å². The Kier molecular flexibility index (Phi) is 16.2. The number of benzene rings is 3. The summed E-state index contributed by atoms with van der Waals surface area (Å²) in [7, 11) is -2.86. The number of alkyl carbamates (subject to hydrolysis) is 1. The number of carbonyl (C=O) groups excluding carboxylic acids is 4. The SMILES string of the molecule is CCCC(NC(=O)[C@@H]1C[C@@H](Oc2cc(-c3ccccc3)nc3cc(OC)ccc23)CN1C(=O)[C@@H](NC(=O)OC1CCCC1)C(C)(C)C)P(=O)(Oc1ccccc1)O[C@@H](C)C(=O)OC(C)C. The van der Waals surface area contributed by atoms with Crippen LogP contribution < -0.4 is 24.6 Å². The summed E-state index contributed by atoms with van der Waals surface area (Å²) in [6, 6.07) is 23.0. The molecule has 65 heavy (non-hydrogen) atoms. The van der Waals surface area contributed by atoms with Crippen molar-refractivity contribution in [3.63, 3.8) is 0 Å². The van der Waals surface area contributed by atoms with Gasteiger partial charge in [-0.15, -0.1) is 0 Å². The van der Waals surface area contributed by atoms with Crippen LogP contribution in [0.15, 0.2) is 84.9 Å². The molecule has 3 aromatic carbocycles. The van der Waals surface area contributed by atoms with E-state index in [1.54, 1.807) is 57.4 Å². The molecule has 0 bridgehead atoms. The molecule has 2 N–H and O–H groups in total. The van der Waals surface area contributed by atoms with E-state index in [1.807, 2.05) is 76.2 Å². The monoisotopic (exact) mass is 914 g/mol. The molecule has 2 unspecified atom stereocenters. The van der Waals surface area contributed by atoms with Gasteiger partial charge in [0.25, 0.3) is 0 Å². The van der Waals surface area contributed by atoms with Crippen LogP contribution >= 0.6 is 7.60 Å². The van der Waals surface area contributed by atoms with Crippen LogP contribution in [-0.2, 0) is 32.9 Å². The predicted molar refractivity (Wildman–Crippen MR) is 247 cm³/mol. The smallest absolute Gasteiger partial charge is 0.408 e. The summed E-state index contributed by atoms with van der Waals surface area (Å²) in [5, 5.41) is 6.44. The van der Waals surface area contributed by atoms with Gasteiger partial charge in [0.2, 0.25) is 11.8 Å². The van der Waals surface area contributed by atoms with Crippen LogP contribution in [0.25, 0.3) is 22.2 Å². The van der Waals surface area contributed by atoms with Crippen molar-refractivity contribution in [2.24, 2.45) is 5.41 Å². The lowest BCUT2D eigenvalue weighted by Gasteiger charge is -2.36. The topological polar surface area (TPSA) is 181 Å². The van der Waals surface area contributed by atoms with Crippen molar-refractivity contribution in [3.8, 4) is 28.5 Å². The molecule has 2 fully saturated rings. The third-order valence-corrected chi connectivity index (χ3v) is 13.6. The molecular formula is C49H63N4O11P. The van der Waals surface area contributed by atoms with Gasteiger partial charge in [-0.05, 0) is 82.6 Å². The van der Waals surface area contributed by atoms with E-state index in [9.17, 15) is 19.2 Å². The molecule has 350 valence electrons. The van der Waals surface area contributed by atoms with E-state index in [2.05, 4.69) is 10.6 Å². The van der Waals surface area contributed by atoms with E-state index in [0.29, 0.717) is 34.5 Å². The number of hydrogen-bond donors (Lipinski definition) is 2. The second-order valence-electron chi connectivity index (χ2n) is 18.0. The molecule has 2 aliphatic rings. The number of para-hydroxylation sites is 1. The maximum Gasteiger partial charge on any atom is 0.408 e. The summed E-state index contributed by atoms with van der Waals surface area (Å²) in [6.07, 6.45) is 0.470. The van der Waals surface area contributed by atoms with Crippen molar-refractivity contribution in [1.82, 2.24) is 20.5 Å². The fraction of sp³-hybridized carbons (Fsp3) is 0.490. The van der Waals surface area contributed by atoms with Gasteiger partial charge >= 0.3 is 19.7 Å². The Morgan fingerprint density at radius 2 is 1.55 bits per heavy atom. The fourth-order valence-corrected chi connectivity index (χ4v) is 10.2. The van der Waals surface area contributed by atoms with Gasteiger partial charge in [0.15, 0.2) is 6.10 Å². The van der Waals surface area contributed by atoms with Crippen molar-refractivity contribution in [3.05, 3.63) is 84.9 Å². The first kappa shape index (κ1) is 48.8. The van der Waals surface area contributed by atoms with Crippen LogP contribution in [0.5, 0.6) is 17.2 Å². The highest BCUT2D eigenvalue weighted by atomic mass is 31.2. The van der Waals surface area contributed by atoms with Gasteiger partial charge < -0.3 is 39.0 Å². The molecule has 1 aliphatic carbocycles. The molecule has 1 aromatic heterocycles. The lowest BCUT2D eigenvalue weighted by atomic mass is 9.85. The van der Waals surface area contributed by atoms with Gasteiger partial charge in [-0.25, -0.2) is 19.1 Å². The first-order valence-electron chi connectivity index (χ1n) is 22.5. The minimum absolute atomic E-state index is 0.0161. The van der Waals surface area contributed by atoms with Crippen LogP contribution in [0.4, 0.5) is 4.79 Å². The summed E-state index contributed by atoms with van der Waals surface area (Å²) >= 11 is 0. The van der Waals surface area contributed by atoms with E-state index in [4.69, 9.17) is 33.0 Å². The number of methoxy groups -OCH3 is 1. The molecule has 6 atom stereocenters. The highest BCUT2D eigenvalue weighted by Gasteiger charge is 2.49. The Balaban J connectivity index is 1.36. The van der Waals surface area contributed by atoms with Gasteiger partial charge in [-0.1, -0.05) is 82.6 Å². The fourth-order valence-electron chi connectivity index (χ4n) is 8.06. The summed E-state index contributed by atoms with van der Waals surface area (Å²) in [4.78, 5) is 62.6. The van der Waals surface area contributed by atoms with Gasteiger partial charge in [0.1, 0.15) is 47.3 Å². The molecule has 0 spiro atoms. The van der Waals surface area contributed by atoms with Crippen molar-refractivity contribution in [2.75, 3.05) is 13.7 Å². The molecule has 0 radical (unpaired) electrons. The lowest BCUT2D eigenvalue weighted by molar-refractivity contribution is -0.155. The average molecular weight is 915 g/mol. The summed E-state index contributed by atoms with van der Waals surface area (Å²) in [6.45, 7) is 12.1. The van der Waals surface area contributed by atoms with E-state index >= 15 is 4.57 Å². The maximum atomic E-state index is 15.1. The zero-order chi connectivity index (χ0) is 46.9. The van der Waals surface area contributed by atoms with Gasteiger partial charge in [-0.3, -0.25) is 14.1 Å². The normalized spacial score (nSPS) is 18.9. The zero-order valence-corrected chi connectivity index (χ0v) is 39.5. The molecule has 2 heterocycles. The molecule has 1 saturated heterocycles. The number of hydrogen-bond acceptors (Lipinski definition) is 12. The number of carbonyl (C=O) groups is 4. The van der Waals surface area contributed by atoms with Gasteiger partial charge in [0, 0.05) is 29.5 Å². The van der Waals surface area contributed by atoms with Crippen molar-refractivity contribution >= 4 is 42.4 Å². The average Bonchev–Trinajstić information content (AvgIpc) is 3.95. The second-order valence-corrected chi connectivity index (χ2v) is 20.1. The molecule has 15 nitrogen and oxygen atoms in total. The van der Waals surface area contributed by atoms with E-state index in [-0.39, 0.29) is 31.2 Å². The second kappa shape index (κ2) is 21.6. The number of fused-ring (bicyclic) bond motifs is 1. The number of aromatic nitrogens is 1. The Morgan fingerprint density at radius 1 is 0.877 bits per heavy atom. The molecule has 3 amide bonds. The largest absolute Gasteiger partial charge is 0.497 e. The van der Waals surface area contributed by atoms with Crippen LogP contribution in [0.2, 0.25) is 0 Å². The number of nitrogens with zero attached hydrogens (tertiary/aromatic N) is 2. The van der Waals surface area contributed by atoms with Crippen molar-refractivity contribution in [2.45, 2.75) is 136 Å². The zero-order valence-electron chi connectivity index (χ0n) is 38.6. The molecule has 6 rings (SSSR count). The number of rotatable bonds is 18. The Labute approximate surface area is 381 Å². The maximum absolute atomic E-state index is 15.1. The number of nitrogens with one attached hydrogen (secondary N) is 2. The predicted octanol–water partition coefficient (Wildman–Crippen LogP) is 9.21. The standard InChI is InChI=1S/C49H63N4O11P/c1-9-18-43(65(58,64-35-23-14-11-15-24-35)63-32(4)47(56)60-31(2)3)51-45(54)41-28-37(30-53(41)46(55)44(49(5,6)7)52-48(57)62-34-21-16-17-22-34)61-42-29-39(33-19-12-10-13-20-33)50-40-27-36(59-8)25-26-38(40)42/h10-15,19-20,23-27,29,31-32,34,37,41,43-44H,9,16-18,21-22,28,30H2,1-8H3,(H,51,54)(H,52,57)/t32-,37+,41-,43?,44+,65?/m0/s1. The van der Waals surface area contributed by atoms with Crippen LogP contribution in [0, 0.1) is 5.41 Å². The summed E-state index contributed by atoms with van der Waals surface area (Å²) in [5.41, 5.74) is 1.28. The third-order valence-electron chi connectivity index (χ3n) is 11.4. The van der Waals surface area contributed by atoms with E-state index in [0.717, 1.165) is 31.2 Å². The highest BCUT2D eigenvalue weighted by molar-refractivity contribution is 7.55. The number of amides is 3. The van der Waals surface area contributed by atoms with Crippen molar-refractivity contribution < 1.29 is 51.7 Å². The minimum atomic E-state index is -4.44. The highest BCUT2D eigenvalue weighted by Crippen LogP contribution is 2.54. The van der Waals surface area contributed by atoms with E-state index in [1.165, 1.54) is 11.8 Å². The molecular weight excluding hydrogens is 852 g/mol. The first-order chi connectivity index (χ1) is 31.0. The number of ether oxygens (including phenoxy) is 4. The number of pyridine rings is 1.